The first-order chi connectivity index (χ1) is 10.5. The predicted octanol–water partition coefficient (Wildman–Crippen LogP) is 1.51. The summed E-state index contributed by atoms with van der Waals surface area (Å²) in [6, 6.07) is 6.10. The molecule has 0 spiro atoms. The van der Waals surface area contributed by atoms with E-state index in [1.54, 1.807) is 23.4 Å². The van der Waals surface area contributed by atoms with Gasteiger partial charge in [-0.25, -0.2) is 4.99 Å². The Morgan fingerprint density at radius 1 is 1.32 bits per heavy atom. The Kier molecular flexibility index (Phi) is 3.26. The second kappa shape index (κ2) is 5.24. The molecule has 22 heavy (non-hydrogen) atoms. The van der Waals surface area contributed by atoms with Crippen molar-refractivity contribution in [1.82, 2.24) is 24.7 Å². The van der Waals surface area contributed by atoms with Gasteiger partial charge in [-0.05, 0) is 18.2 Å². The van der Waals surface area contributed by atoms with Gasteiger partial charge in [-0.3, -0.25) is 10.1 Å². The number of hydrogen-bond acceptors (Lipinski definition) is 7. The second-order valence-corrected chi connectivity index (χ2v) is 4.59. The van der Waals surface area contributed by atoms with Crippen molar-refractivity contribution >= 4 is 23.7 Å². The van der Waals surface area contributed by atoms with Gasteiger partial charge >= 0.3 is 5.88 Å². The molecule has 0 fully saturated rings. The highest BCUT2D eigenvalue weighted by atomic mass is 16.6. The predicted molar refractivity (Wildman–Crippen MR) is 77.0 cm³/mol. The molecule has 0 aliphatic rings. The van der Waals surface area contributed by atoms with Crippen LogP contribution in [0.1, 0.15) is 0 Å². The number of hydrogen-bond donors (Lipinski definition) is 0. The van der Waals surface area contributed by atoms with Gasteiger partial charge in [0.15, 0.2) is 17.2 Å². The lowest BCUT2D eigenvalue weighted by atomic mass is 10.4. The monoisotopic (exact) mass is 301 g/mol. The summed E-state index contributed by atoms with van der Waals surface area (Å²) < 4.78 is 6.55. The molecular formula is C12H11N7O3. The maximum Gasteiger partial charge on any atom is 0.433 e. The third-order valence-electron chi connectivity index (χ3n) is 2.66. The maximum absolute atomic E-state index is 10.7. The lowest BCUT2D eigenvalue weighted by Gasteiger charge is -2.02. The zero-order valence-electron chi connectivity index (χ0n) is 11.7. The molecule has 10 heteroatoms. The molecule has 10 nitrogen and oxygen atoms in total. The summed E-state index contributed by atoms with van der Waals surface area (Å²) in [7, 11) is 3.68. The first-order valence-electron chi connectivity index (χ1n) is 6.22. The fraction of sp³-hybridized carbons (Fsp3) is 0.167. The smallest absolute Gasteiger partial charge is 0.397 e. The van der Waals surface area contributed by atoms with Crippen LogP contribution < -0.4 is 0 Å². The zero-order chi connectivity index (χ0) is 15.7. The topological polar surface area (TPSA) is 115 Å². The van der Waals surface area contributed by atoms with E-state index in [4.69, 9.17) is 4.42 Å². The molecule has 0 aliphatic carbocycles. The number of aliphatic imine (C=N–C) groups is 1. The molecule has 0 aliphatic heterocycles. The van der Waals surface area contributed by atoms with Gasteiger partial charge in [0.25, 0.3) is 0 Å². The summed E-state index contributed by atoms with van der Waals surface area (Å²) in [5.74, 6) is 0.558. The third-order valence-corrected chi connectivity index (χ3v) is 2.66. The summed E-state index contributed by atoms with van der Waals surface area (Å²) in [4.78, 5) is 16.0. The highest BCUT2D eigenvalue weighted by Gasteiger charge is 2.18. The number of nitrogens with zero attached hydrogens (tertiary/aromatic N) is 7. The largest absolute Gasteiger partial charge is 0.433 e. The number of rotatable bonds is 4. The zero-order valence-corrected chi connectivity index (χ0v) is 11.7. The molecule has 0 unspecified atom stereocenters. The lowest BCUT2D eigenvalue weighted by Crippen LogP contribution is -2.07. The van der Waals surface area contributed by atoms with Gasteiger partial charge in [-0.1, -0.05) is 0 Å². The van der Waals surface area contributed by atoms with Gasteiger partial charge in [0.1, 0.15) is 4.92 Å². The first kappa shape index (κ1) is 13.7. The quantitative estimate of drug-likeness (QED) is 0.310. The average molecular weight is 301 g/mol. The van der Waals surface area contributed by atoms with Crippen molar-refractivity contribution in [3.05, 3.63) is 34.4 Å². The van der Waals surface area contributed by atoms with Crippen LogP contribution in [0.15, 0.2) is 33.7 Å². The van der Waals surface area contributed by atoms with E-state index < -0.39 is 4.92 Å². The molecule has 0 atom stereocenters. The van der Waals surface area contributed by atoms with Gasteiger partial charge in [0.05, 0.1) is 12.4 Å². The molecule has 0 radical (unpaired) electrons. The minimum Gasteiger partial charge on any atom is -0.397 e. The number of furan rings is 1. The van der Waals surface area contributed by atoms with E-state index in [0.29, 0.717) is 11.5 Å². The number of aromatic nitrogens is 4. The van der Waals surface area contributed by atoms with E-state index in [2.05, 4.69) is 20.3 Å². The first-order valence-corrected chi connectivity index (χ1v) is 6.22. The highest BCUT2D eigenvalue weighted by molar-refractivity contribution is 5.60. The van der Waals surface area contributed by atoms with Crippen molar-refractivity contribution in [1.29, 1.82) is 0 Å². The Morgan fingerprint density at radius 2 is 2.14 bits per heavy atom. The second-order valence-electron chi connectivity index (χ2n) is 4.59. The third kappa shape index (κ3) is 2.49. The Labute approximate surface area is 123 Å². The fourth-order valence-electron chi connectivity index (χ4n) is 1.72. The van der Waals surface area contributed by atoms with Crippen molar-refractivity contribution in [2.24, 2.45) is 4.99 Å². The van der Waals surface area contributed by atoms with Gasteiger partial charge in [0.2, 0.25) is 5.82 Å². The fourth-order valence-corrected chi connectivity index (χ4v) is 1.72. The Hall–Kier alpha value is -3.30. The van der Waals surface area contributed by atoms with Crippen LogP contribution in [0.4, 0.5) is 11.7 Å². The molecule has 0 aromatic carbocycles. The van der Waals surface area contributed by atoms with Crippen LogP contribution in [-0.2, 0) is 0 Å². The molecule has 0 amide bonds. The van der Waals surface area contributed by atoms with E-state index in [9.17, 15) is 10.1 Å². The van der Waals surface area contributed by atoms with Gasteiger partial charge in [0, 0.05) is 14.1 Å². The lowest BCUT2D eigenvalue weighted by molar-refractivity contribution is -0.401. The molecule has 0 N–H and O–H groups in total. The summed E-state index contributed by atoms with van der Waals surface area (Å²) in [5, 5.41) is 22.8. The van der Waals surface area contributed by atoms with Gasteiger partial charge < -0.3 is 9.32 Å². The molecule has 0 bridgehead atoms. The SMILES string of the molecule is CN(C)C=Nc1ccc2nnc(-c3ccc([N+](=O)[O-])o3)n2n1. The molecule has 0 saturated carbocycles. The van der Waals surface area contributed by atoms with E-state index in [1.807, 2.05) is 14.1 Å². The van der Waals surface area contributed by atoms with Crippen LogP contribution in [0, 0.1) is 10.1 Å². The molecule has 3 aromatic heterocycles. The van der Waals surface area contributed by atoms with Crippen LogP contribution in [0.5, 0.6) is 0 Å². The molecular weight excluding hydrogens is 290 g/mol. The summed E-state index contributed by atoms with van der Waals surface area (Å²) in [6.07, 6.45) is 1.61. The van der Waals surface area contributed by atoms with Crippen molar-refractivity contribution < 1.29 is 9.34 Å². The van der Waals surface area contributed by atoms with Crippen molar-refractivity contribution in [2.75, 3.05) is 14.1 Å². The van der Waals surface area contributed by atoms with Crippen LogP contribution in [0.3, 0.4) is 0 Å². The minimum absolute atomic E-state index is 0.209. The van der Waals surface area contributed by atoms with Crippen molar-refractivity contribution in [3.63, 3.8) is 0 Å². The maximum atomic E-state index is 10.7. The molecule has 3 aromatic rings. The standard InChI is InChI=1S/C12H11N7O3/c1-17(2)7-13-9-4-5-10-14-15-12(18(10)16-9)8-3-6-11(22-8)19(20)21/h3-7H,1-2H3. The Morgan fingerprint density at radius 3 is 2.82 bits per heavy atom. The van der Waals surface area contributed by atoms with Crippen LogP contribution >= 0.6 is 0 Å². The minimum atomic E-state index is -0.618. The van der Waals surface area contributed by atoms with E-state index >= 15 is 0 Å². The van der Waals surface area contributed by atoms with E-state index in [-0.39, 0.29) is 17.5 Å². The number of nitro groups is 1. The summed E-state index contributed by atoms with van der Waals surface area (Å²) >= 11 is 0. The van der Waals surface area contributed by atoms with Crippen LogP contribution in [-0.4, -0.2) is 50.1 Å². The Balaban J connectivity index is 2.05. The summed E-state index contributed by atoms with van der Waals surface area (Å²) in [5.41, 5.74) is 0.484. The molecule has 3 heterocycles. The van der Waals surface area contributed by atoms with Gasteiger partial charge in [-0.2, -0.15) is 4.52 Å². The van der Waals surface area contributed by atoms with E-state index in [0.717, 1.165) is 0 Å². The van der Waals surface area contributed by atoms with Crippen LogP contribution in [0.2, 0.25) is 0 Å². The van der Waals surface area contributed by atoms with Gasteiger partial charge in [-0.15, -0.1) is 15.3 Å². The highest BCUT2D eigenvalue weighted by Crippen LogP contribution is 2.25. The molecule has 0 saturated heterocycles. The molecule has 3 rings (SSSR count). The van der Waals surface area contributed by atoms with Crippen LogP contribution in [0.25, 0.3) is 17.2 Å². The summed E-state index contributed by atoms with van der Waals surface area (Å²) in [6.45, 7) is 0. The Bertz CT molecular complexity index is 865. The molecule has 112 valence electrons. The van der Waals surface area contributed by atoms with Crippen molar-refractivity contribution in [3.8, 4) is 11.6 Å². The van der Waals surface area contributed by atoms with Crippen molar-refractivity contribution in [2.45, 2.75) is 0 Å². The normalized spacial score (nSPS) is 11.4. The van der Waals surface area contributed by atoms with E-state index in [1.165, 1.54) is 16.6 Å². The number of fused-ring (bicyclic) bond motifs is 1. The average Bonchev–Trinajstić information content (AvgIpc) is 3.10.